The SMILES string of the molecule is CCCCCC/C=C\C/C=C\CCCCCCCC(=O)OCC(COC(=O)CCCCCCCCCCCCCCCCCCCCC)OC(=O)CCCCCCCCC/C=C\CCCCCCCC. The summed E-state index contributed by atoms with van der Waals surface area (Å²) < 4.78 is 16.9. The van der Waals surface area contributed by atoms with Gasteiger partial charge in [0.25, 0.3) is 0 Å². The van der Waals surface area contributed by atoms with E-state index in [1.807, 2.05) is 0 Å². The summed E-state index contributed by atoms with van der Waals surface area (Å²) in [5.74, 6) is -0.871. The van der Waals surface area contributed by atoms with Crippen LogP contribution in [0.4, 0.5) is 0 Å². The molecule has 0 aromatic carbocycles. The van der Waals surface area contributed by atoms with E-state index in [0.717, 1.165) is 77.0 Å². The highest BCUT2D eigenvalue weighted by Crippen LogP contribution is 2.17. The van der Waals surface area contributed by atoms with E-state index >= 15 is 0 Å². The van der Waals surface area contributed by atoms with Crippen molar-refractivity contribution in [3.05, 3.63) is 36.5 Å². The van der Waals surface area contributed by atoms with Gasteiger partial charge >= 0.3 is 17.9 Å². The van der Waals surface area contributed by atoms with Crippen LogP contribution in [0.1, 0.15) is 335 Å². The molecule has 0 N–H and O–H groups in total. The minimum Gasteiger partial charge on any atom is -0.462 e. The molecule has 0 spiro atoms. The average Bonchev–Trinajstić information content (AvgIpc) is 3.36. The second kappa shape index (κ2) is 59.2. The highest BCUT2D eigenvalue weighted by Gasteiger charge is 2.19. The molecule has 6 nitrogen and oxygen atoms in total. The van der Waals surface area contributed by atoms with Crippen molar-refractivity contribution < 1.29 is 28.6 Å². The quantitative estimate of drug-likeness (QED) is 0.0261. The van der Waals surface area contributed by atoms with Crippen molar-refractivity contribution in [2.45, 2.75) is 341 Å². The van der Waals surface area contributed by atoms with Crippen LogP contribution in [0.2, 0.25) is 0 Å². The molecule has 0 aromatic rings. The maximum atomic E-state index is 12.9. The van der Waals surface area contributed by atoms with Crippen LogP contribution in [-0.2, 0) is 28.6 Å². The Labute approximate surface area is 435 Å². The molecule has 410 valence electrons. The van der Waals surface area contributed by atoms with E-state index in [4.69, 9.17) is 14.2 Å². The predicted molar refractivity (Wildman–Crippen MR) is 302 cm³/mol. The first-order valence-corrected chi connectivity index (χ1v) is 31.0. The molecule has 0 rings (SSSR count). The lowest BCUT2D eigenvalue weighted by Gasteiger charge is -2.18. The fourth-order valence-corrected chi connectivity index (χ4v) is 9.18. The van der Waals surface area contributed by atoms with Crippen molar-refractivity contribution >= 4 is 17.9 Å². The number of allylic oxidation sites excluding steroid dienone is 6. The minimum absolute atomic E-state index is 0.0744. The first-order valence-electron chi connectivity index (χ1n) is 31.0. The van der Waals surface area contributed by atoms with Gasteiger partial charge in [-0.25, -0.2) is 0 Å². The van der Waals surface area contributed by atoms with E-state index in [-0.39, 0.29) is 31.1 Å². The number of carbonyl (C=O) groups excluding carboxylic acids is 3. The van der Waals surface area contributed by atoms with Crippen LogP contribution in [-0.4, -0.2) is 37.2 Å². The number of carbonyl (C=O) groups is 3. The van der Waals surface area contributed by atoms with Crippen LogP contribution in [0.15, 0.2) is 36.5 Å². The Bertz CT molecular complexity index is 1170. The lowest BCUT2D eigenvalue weighted by Crippen LogP contribution is -2.30. The van der Waals surface area contributed by atoms with Crippen molar-refractivity contribution in [1.29, 1.82) is 0 Å². The molecule has 0 fully saturated rings. The number of rotatable bonds is 57. The zero-order valence-electron chi connectivity index (χ0n) is 47.1. The fourth-order valence-electron chi connectivity index (χ4n) is 9.18. The molecule has 0 heterocycles. The van der Waals surface area contributed by atoms with Gasteiger partial charge in [-0.05, 0) is 77.0 Å². The van der Waals surface area contributed by atoms with Gasteiger partial charge < -0.3 is 14.2 Å². The minimum atomic E-state index is -0.778. The number of ether oxygens (including phenoxy) is 3. The van der Waals surface area contributed by atoms with Crippen LogP contribution in [0.5, 0.6) is 0 Å². The van der Waals surface area contributed by atoms with Crippen LogP contribution >= 0.6 is 0 Å². The van der Waals surface area contributed by atoms with Gasteiger partial charge in [0.15, 0.2) is 6.10 Å². The summed E-state index contributed by atoms with van der Waals surface area (Å²) in [5.41, 5.74) is 0. The Morgan fingerprint density at radius 3 is 0.814 bits per heavy atom. The lowest BCUT2D eigenvalue weighted by atomic mass is 10.0. The lowest BCUT2D eigenvalue weighted by molar-refractivity contribution is -0.167. The van der Waals surface area contributed by atoms with Gasteiger partial charge in [0, 0.05) is 19.3 Å². The average molecular weight is 984 g/mol. The molecule has 70 heavy (non-hydrogen) atoms. The molecular weight excluding hydrogens is 865 g/mol. The third-order valence-corrected chi connectivity index (χ3v) is 13.9. The molecule has 0 aliphatic rings. The first-order chi connectivity index (χ1) is 34.5. The molecule has 0 aliphatic carbocycles. The summed E-state index contributed by atoms with van der Waals surface area (Å²) in [6.45, 7) is 6.66. The first kappa shape index (κ1) is 67.6. The van der Waals surface area contributed by atoms with Crippen LogP contribution in [0.3, 0.4) is 0 Å². The topological polar surface area (TPSA) is 78.9 Å². The highest BCUT2D eigenvalue weighted by molar-refractivity contribution is 5.71. The van der Waals surface area contributed by atoms with Gasteiger partial charge in [-0.3, -0.25) is 14.4 Å². The van der Waals surface area contributed by atoms with E-state index in [1.54, 1.807) is 0 Å². The molecule has 0 aromatic heterocycles. The van der Waals surface area contributed by atoms with Gasteiger partial charge in [0.1, 0.15) is 13.2 Å². The molecule has 0 aliphatic heterocycles. The maximum absolute atomic E-state index is 12.9. The van der Waals surface area contributed by atoms with Crippen molar-refractivity contribution in [3.8, 4) is 0 Å². The largest absolute Gasteiger partial charge is 0.462 e. The van der Waals surface area contributed by atoms with E-state index in [0.29, 0.717) is 19.3 Å². The predicted octanol–water partition coefficient (Wildman–Crippen LogP) is 20.8. The Kier molecular flexibility index (Phi) is 57.2. The smallest absolute Gasteiger partial charge is 0.306 e. The summed E-state index contributed by atoms with van der Waals surface area (Å²) in [4.78, 5) is 38.3. The normalized spacial score (nSPS) is 12.2. The van der Waals surface area contributed by atoms with E-state index in [9.17, 15) is 14.4 Å². The second-order valence-electron chi connectivity index (χ2n) is 21.0. The maximum Gasteiger partial charge on any atom is 0.306 e. The molecular formula is C64H118O6. The molecule has 0 radical (unpaired) electrons. The standard InChI is InChI=1S/C64H118O6/c1-4-7-10-13-16-19-22-25-28-31-32-34-36-39-42-45-48-51-54-57-63(66)69-60-61(59-68-62(65)56-53-50-47-44-41-38-35-30-27-24-21-18-15-12-9-6-3)70-64(67)58-55-52-49-46-43-40-37-33-29-26-23-20-17-14-11-8-5-2/h21,24,26,29-30,35,61H,4-20,22-23,25,27-28,31-34,36-60H2,1-3H3/b24-21-,29-26-,35-30-. The number of hydrogen-bond acceptors (Lipinski definition) is 6. The van der Waals surface area contributed by atoms with Crippen molar-refractivity contribution in [3.63, 3.8) is 0 Å². The summed E-state index contributed by atoms with van der Waals surface area (Å²) in [6, 6.07) is 0. The monoisotopic (exact) mass is 983 g/mol. The van der Waals surface area contributed by atoms with E-state index in [2.05, 4.69) is 57.2 Å². The van der Waals surface area contributed by atoms with E-state index < -0.39 is 6.10 Å². The molecule has 6 heteroatoms. The molecule has 0 bridgehead atoms. The number of unbranched alkanes of at least 4 members (excludes halogenated alkanes) is 40. The van der Waals surface area contributed by atoms with Gasteiger partial charge in [-0.15, -0.1) is 0 Å². The fraction of sp³-hybridized carbons (Fsp3) is 0.859. The van der Waals surface area contributed by atoms with Gasteiger partial charge in [0.05, 0.1) is 0 Å². The third kappa shape index (κ3) is 56.5. The zero-order valence-corrected chi connectivity index (χ0v) is 47.1. The Morgan fingerprint density at radius 1 is 0.286 bits per heavy atom. The number of hydrogen-bond donors (Lipinski definition) is 0. The van der Waals surface area contributed by atoms with Crippen molar-refractivity contribution in [2.75, 3.05) is 13.2 Å². The Hall–Kier alpha value is -2.37. The zero-order chi connectivity index (χ0) is 50.7. The van der Waals surface area contributed by atoms with Gasteiger partial charge in [-0.1, -0.05) is 276 Å². The second-order valence-corrected chi connectivity index (χ2v) is 21.0. The van der Waals surface area contributed by atoms with E-state index in [1.165, 1.54) is 218 Å². The van der Waals surface area contributed by atoms with Gasteiger partial charge in [-0.2, -0.15) is 0 Å². The highest BCUT2D eigenvalue weighted by atomic mass is 16.6. The van der Waals surface area contributed by atoms with Crippen molar-refractivity contribution in [1.82, 2.24) is 0 Å². The summed E-state index contributed by atoms with van der Waals surface area (Å²) in [6.07, 6.45) is 71.4. The Morgan fingerprint density at radius 2 is 0.514 bits per heavy atom. The Balaban J connectivity index is 4.35. The molecule has 0 saturated carbocycles. The van der Waals surface area contributed by atoms with Crippen molar-refractivity contribution in [2.24, 2.45) is 0 Å². The molecule has 1 unspecified atom stereocenters. The molecule has 1 atom stereocenters. The molecule has 0 amide bonds. The summed E-state index contributed by atoms with van der Waals surface area (Å²) in [5, 5.41) is 0. The van der Waals surface area contributed by atoms with Crippen LogP contribution < -0.4 is 0 Å². The van der Waals surface area contributed by atoms with Crippen LogP contribution in [0, 0.1) is 0 Å². The summed E-state index contributed by atoms with van der Waals surface area (Å²) in [7, 11) is 0. The summed E-state index contributed by atoms with van der Waals surface area (Å²) >= 11 is 0. The number of esters is 3. The third-order valence-electron chi connectivity index (χ3n) is 13.9. The van der Waals surface area contributed by atoms with Gasteiger partial charge in [0.2, 0.25) is 0 Å². The van der Waals surface area contributed by atoms with Crippen LogP contribution in [0.25, 0.3) is 0 Å². The molecule has 0 saturated heterocycles.